The van der Waals surface area contributed by atoms with Crippen molar-refractivity contribution in [1.82, 2.24) is 0 Å². The number of hydrogen-bond donors (Lipinski definition) is 0. The number of ether oxygens (including phenoxy) is 2. The van der Waals surface area contributed by atoms with Crippen molar-refractivity contribution >= 4 is 45.5 Å². The average molecular weight is 851 g/mol. The lowest BCUT2D eigenvalue weighted by atomic mass is 10.1. The normalized spacial score (nSPS) is 11.3. The van der Waals surface area contributed by atoms with Crippen LogP contribution in [0.15, 0.2) is 107 Å². The van der Waals surface area contributed by atoms with Crippen molar-refractivity contribution in [3.05, 3.63) is 131 Å². The van der Waals surface area contributed by atoms with Gasteiger partial charge in [0.05, 0.1) is 0 Å². The van der Waals surface area contributed by atoms with E-state index >= 15 is 0 Å². The van der Waals surface area contributed by atoms with Crippen LogP contribution in [0.2, 0.25) is 0 Å². The van der Waals surface area contributed by atoms with E-state index in [9.17, 15) is 14.2 Å². The maximum Gasteiger partial charge on any atom is 0.337 e. The Bertz CT molecular complexity index is 1780. The molecule has 0 saturated heterocycles. The fraction of sp³-hybridized carbons (Fsp3) is 0.385. The molecule has 0 atom stereocenters. The van der Waals surface area contributed by atoms with Gasteiger partial charge < -0.3 is 27.4 Å². The topological polar surface area (TPSA) is 114 Å². The Kier molecular flexibility index (Phi) is 19.3. The zero-order valence-electron chi connectivity index (χ0n) is 29.4. The van der Waals surface area contributed by atoms with Crippen LogP contribution >= 0.6 is 39.5 Å². The van der Waals surface area contributed by atoms with Gasteiger partial charge in [0.15, 0.2) is 0 Å². The summed E-state index contributed by atoms with van der Waals surface area (Å²) in [5.41, 5.74) is 1.36. The second kappa shape index (κ2) is 23.4. The number of benzene rings is 2. The molecule has 0 amide bonds. The van der Waals surface area contributed by atoms with E-state index in [0.717, 1.165) is 17.5 Å². The van der Waals surface area contributed by atoms with E-state index in [4.69, 9.17) is 27.4 Å². The van der Waals surface area contributed by atoms with Gasteiger partial charge >= 0.3 is 7.60 Å². The number of rotatable bonds is 20. The molecule has 12 heteroatoms. The fourth-order valence-electron chi connectivity index (χ4n) is 4.84. The third kappa shape index (κ3) is 15.5. The van der Waals surface area contributed by atoms with E-state index in [0.29, 0.717) is 17.0 Å². The van der Waals surface area contributed by atoms with Crippen molar-refractivity contribution in [2.75, 3.05) is 14.2 Å². The first-order valence-corrected chi connectivity index (χ1v) is 20.4. The molecule has 0 fully saturated rings. The largest absolute Gasteiger partial charge is 0.481 e. The van der Waals surface area contributed by atoms with Crippen molar-refractivity contribution in [2.45, 2.75) is 84.1 Å². The predicted octanol–water partition coefficient (Wildman–Crippen LogP) is 11.5. The molecule has 4 rings (SSSR count). The maximum atomic E-state index is 12.3. The molecule has 0 spiro atoms. The van der Waals surface area contributed by atoms with E-state index < -0.39 is 7.60 Å². The molecule has 0 aliphatic rings. The average Bonchev–Trinajstić information content (AvgIpc) is 3.13. The van der Waals surface area contributed by atoms with Gasteiger partial charge in [0.1, 0.15) is 30.9 Å². The second-order valence-corrected chi connectivity index (χ2v) is 15.4. The number of unbranched alkanes of at least 4 members (excludes halogenated alkanes) is 8. The summed E-state index contributed by atoms with van der Waals surface area (Å²) in [6.45, 7) is 2.81. The lowest BCUT2D eigenvalue weighted by Gasteiger charge is -2.13. The lowest BCUT2D eigenvalue weighted by Crippen LogP contribution is -2.09. The first kappa shape index (κ1) is 42.2. The van der Waals surface area contributed by atoms with Gasteiger partial charge in [0.2, 0.25) is 31.7 Å². The molecule has 9 nitrogen and oxygen atoms in total. The van der Waals surface area contributed by atoms with Gasteiger partial charge in [0.25, 0.3) is 0 Å². The number of halogens is 2. The van der Waals surface area contributed by atoms with Crippen LogP contribution < -0.4 is 20.3 Å². The molecule has 0 unspecified atom stereocenters. The molecule has 51 heavy (non-hydrogen) atoms. The van der Waals surface area contributed by atoms with Gasteiger partial charge in [-0.1, -0.05) is 119 Å². The summed E-state index contributed by atoms with van der Waals surface area (Å²) >= 11 is 6.47. The van der Waals surface area contributed by atoms with Gasteiger partial charge in [-0.25, -0.2) is 0 Å². The van der Waals surface area contributed by atoms with Crippen LogP contribution in [-0.4, -0.2) is 14.2 Å². The minimum absolute atomic E-state index is 0.0577. The van der Waals surface area contributed by atoms with Crippen molar-refractivity contribution in [3.8, 4) is 11.5 Å². The van der Waals surface area contributed by atoms with Crippen LogP contribution in [0, 0.1) is 0 Å². The molecule has 2 aromatic carbocycles. The molecule has 0 aliphatic heterocycles. The van der Waals surface area contributed by atoms with Crippen molar-refractivity contribution < 1.29 is 31.9 Å². The van der Waals surface area contributed by atoms with Crippen LogP contribution in [0.1, 0.15) is 87.4 Å². The maximum absolute atomic E-state index is 12.3. The third-order valence-electron chi connectivity index (χ3n) is 7.66. The quantitative estimate of drug-likeness (QED) is 0.0633. The van der Waals surface area contributed by atoms with E-state index in [1.54, 1.807) is 0 Å². The fourth-order valence-corrected chi connectivity index (χ4v) is 6.80. The van der Waals surface area contributed by atoms with E-state index in [1.165, 1.54) is 77.7 Å². The van der Waals surface area contributed by atoms with Crippen LogP contribution in [0.3, 0.4) is 0 Å². The second-order valence-electron chi connectivity index (χ2n) is 11.6. The molecule has 0 radical (unpaired) electrons. The monoisotopic (exact) mass is 848 g/mol. The Balaban J connectivity index is 0.000000281. The lowest BCUT2D eigenvalue weighted by molar-refractivity contribution is 0.267. The highest BCUT2D eigenvalue weighted by Gasteiger charge is 2.25. The molecule has 0 aliphatic carbocycles. The SMILES string of the molecule is CCCCCCCCCCC=Cc1cc(=O)c(OCc2ccccc2)c(Br)o1.COP(=O)(Cc1cc(=O)c(OCc2ccccc2)c(Br)o1)OC. The number of allylic oxidation sites excluding steroid dienone is 1. The van der Waals surface area contributed by atoms with Gasteiger partial charge in [-0.05, 0) is 61.9 Å². The highest BCUT2D eigenvalue weighted by molar-refractivity contribution is 9.10. The summed E-state index contributed by atoms with van der Waals surface area (Å²) in [5, 5.41) is 0. The molecule has 0 bridgehead atoms. The standard InChI is InChI=1S/C24H31BrO3.C15H16BrO6P/c1-2-3-4-5-6-7-8-9-10-14-17-21-18-22(26)23(24(25)28-21)27-19-20-15-12-11-13-16-20;1-19-23(18,20-2)10-12-8-13(17)14(15(16)22-12)21-9-11-6-4-3-5-7-11/h11-18H,2-10,19H2,1H3;3-8H,9-10H2,1-2H3. The smallest absolute Gasteiger partial charge is 0.337 e. The molecule has 2 aromatic heterocycles. The molecule has 2 heterocycles. The minimum atomic E-state index is -3.32. The molecule has 0 saturated carbocycles. The van der Waals surface area contributed by atoms with Crippen LogP contribution in [0.25, 0.3) is 6.08 Å². The summed E-state index contributed by atoms with van der Waals surface area (Å²) in [6.07, 6.45) is 15.3. The van der Waals surface area contributed by atoms with Gasteiger partial charge in [-0.3, -0.25) is 14.2 Å². The van der Waals surface area contributed by atoms with Gasteiger partial charge in [0, 0.05) is 26.4 Å². The molecule has 4 aromatic rings. The summed E-state index contributed by atoms with van der Waals surface area (Å²) in [7, 11) is -0.770. The third-order valence-corrected chi connectivity index (χ3v) is 10.5. The molecule has 0 N–H and O–H groups in total. The highest BCUT2D eigenvalue weighted by atomic mass is 79.9. The summed E-state index contributed by atoms with van der Waals surface area (Å²) in [6, 6.07) is 21.9. The van der Waals surface area contributed by atoms with E-state index in [1.807, 2.05) is 66.7 Å². The van der Waals surface area contributed by atoms with Gasteiger partial charge in [-0.2, -0.15) is 0 Å². The Morgan fingerprint density at radius 1 is 0.686 bits per heavy atom. The minimum Gasteiger partial charge on any atom is -0.481 e. The molecule has 276 valence electrons. The zero-order chi connectivity index (χ0) is 36.9. The summed E-state index contributed by atoms with van der Waals surface area (Å²) in [5.74, 6) is 0.996. The van der Waals surface area contributed by atoms with E-state index in [2.05, 4.69) is 44.9 Å². The van der Waals surface area contributed by atoms with Crippen molar-refractivity contribution in [1.29, 1.82) is 0 Å². The summed E-state index contributed by atoms with van der Waals surface area (Å²) < 4.78 is 44.5. The van der Waals surface area contributed by atoms with Crippen LogP contribution in [-0.2, 0) is 33.0 Å². The first-order valence-electron chi connectivity index (χ1n) is 17.0. The first-order chi connectivity index (χ1) is 24.7. The van der Waals surface area contributed by atoms with Crippen molar-refractivity contribution in [2.24, 2.45) is 0 Å². The Labute approximate surface area is 317 Å². The summed E-state index contributed by atoms with van der Waals surface area (Å²) in [4.78, 5) is 24.5. The predicted molar refractivity (Wildman–Crippen MR) is 208 cm³/mol. The van der Waals surface area contributed by atoms with Crippen molar-refractivity contribution in [3.63, 3.8) is 0 Å². The molecular formula is C39H47Br2O9P. The van der Waals surface area contributed by atoms with Crippen LogP contribution in [0.5, 0.6) is 11.5 Å². The number of hydrogen-bond acceptors (Lipinski definition) is 9. The highest BCUT2D eigenvalue weighted by Crippen LogP contribution is 2.49. The zero-order valence-corrected chi connectivity index (χ0v) is 33.5. The Morgan fingerprint density at radius 2 is 1.18 bits per heavy atom. The molecular weight excluding hydrogens is 803 g/mol. The van der Waals surface area contributed by atoms with E-state index in [-0.39, 0.29) is 45.6 Å². The Morgan fingerprint density at radius 3 is 1.67 bits per heavy atom. The van der Waals surface area contributed by atoms with Crippen LogP contribution in [0.4, 0.5) is 0 Å². The van der Waals surface area contributed by atoms with Gasteiger partial charge in [-0.15, -0.1) is 0 Å². The Hall–Kier alpha value is -3.21.